The van der Waals surface area contributed by atoms with Crippen LogP contribution >= 0.6 is 11.8 Å². The number of alkyl halides is 6. The number of hydrogen-bond donors (Lipinski definition) is 1. The molecule has 37 heavy (non-hydrogen) atoms. The minimum Gasteiger partial charge on any atom is -0.478 e. The summed E-state index contributed by atoms with van der Waals surface area (Å²) in [6.07, 6.45) is -9.56. The lowest BCUT2D eigenvalue weighted by atomic mass is 10.1. The molecule has 0 bridgehead atoms. The van der Waals surface area contributed by atoms with E-state index in [2.05, 4.69) is 0 Å². The van der Waals surface area contributed by atoms with Crippen molar-refractivity contribution in [1.29, 1.82) is 0 Å². The summed E-state index contributed by atoms with van der Waals surface area (Å²) in [5, 5.41) is 29.5. The highest BCUT2D eigenvalue weighted by molar-refractivity contribution is 7.99. The molecule has 1 fully saturated rings. The van der Waals surface area contributed by atoms with Crippen molar-refractivity contribution >= 4 is 35.0 Å². The second kappa shape index (κ2) is 11.4. The zero-order chi connectivity index (χ0) is 28.1. The van der Waals surface area contributed by atoms with Crippen LogP contribution in [0.25, 0.3) is 0 Å². The summed E-state index contributed by atoms with van der Waals surface area (Å²) in [5.74, 6) is -0.863. The van der Waals surface area contributed by atoms with Crippen LogP contribution in [-0.2, 0) is 12.4 Å². The van der Waals surface area contributed by atoms with Gasteiger partial charge >= 0.3 is 18.3 Å². The number of carboxylic acids is 1. The van der Waals surface area contributed by atoms with E-state index in [0.717, 1.165) is 6.07 Å². The van der Waals surface area contributed by atoms with Crippen LogP contribution in [0, 0.1) is 20.2 Å². The van der Waals surface area contributed by atoms with E-state index < -0.39 is 62.1 Å². The number of amides is 1. The third-order valence-electron chi connectivity index (χ3n) is 4.70. The average Bonchev–Trinajstić information content (AvgIpc) is 2.82. The fraction of sp³-hybridized carbons (Fsp3) is 0.300. The van der Waals surface area contributed by atoms with Gasteiger partial charge in [0.2, 0.25) is 0 Å². The van der Waals surface area contributed by atoms with E-state index >= 15 is 0 Å². The van der Waals surface area contributed by atoms with Gasteiger partial charge in [-0.05, 0) is 12.1 Å². The normalized spacial score (nSPS) is 13.8. The van der Waals surface area contributed by atoms with Crippen LogP contribution in [0.15, 0.2) is 36.4 Å². The lowest BCUT2D eigenvalue weighted by Gasteiger charge is -2.26. The predicted octanol–water partition coefficient (Wildman–Crippen LogP) is 5.11. The molecule has 0 unspecified atom stereocenters. The molecule has 1 N–H and O–H groups in total. The van der Waals surface area contributed by atoms with E-state index in [0.29, 0.717) is 48.9 Å². The number of aromatic carboxylic acids is 1. The van der Waals surface area contributed by atoms with Gasteiger partial charge in [0.1, 0.15) is 0 Å². The van der Waals surface area contributed by atoms with Crippen LogP contribution in [-0.4, -0.2) is 56.3 Å². The summed E-state index contributed by atoms with van der Waals surface area (Å²) < 4.78 is 75.1. The number of thioether (sulfide) groups is 1. The molecule has 2 aromatic rings. The second-order valence-corrected chi connectivity index (χ2v) is 8.48. The molecule has 0 radical (unpaired) electrons. The third kappa shape index (κ3) is 8.06. The van der Waals surface area contributed by atoms with Gasteiger partial charge in [-0.25, -0.2) is 4.79 Å². The smallest absolute Gasteiger partial charge is 0.416 e. The number of nitro benzene ring substituents is 2. The molecule has 17 heteroatoms. The van der Waals surface area contributed by atoms with E-state index in [4.69, 9.17) is 5.11 Å². The van der Waals surface area contributed by atoms with Crippen molar-refractivity contribution < 1.29 is 50.9 Å². The molecule has 1 amide bonds. The minimum atomic E-state index is -4.82. The molecule has 0 atom stereocenters. The van der Waals surface area contributed by atoms with E-state index in [9.17, 15) is 56.2 Å². The zero-order valence-corrected chi connectivity index (χ0v) is 19.0. The number of non-ortho nitro benzene ring substituents is 2. The van der Waals surface area contributed by atoms with Gasteiger partial charge < -0.3 is 10.0 Å². The average molecular weight is 555 g/mol. The molecule has 0 aliphatic carbocycles. The number of halogens is 6. The van der Waals surface area contributed by atoms with Gasteiger partial charge in [-0.3, -0.25) is 25.0 Å². The first-order chi connectivity index (χ1) is 17.0. The van der Waals surface area contributed by atoms with E-state index in [1.54, 1.807) is 11.8 Å². The Morgan fingerprint density at radius 1 is 0.784 bits per heavy atom. The number of nitrogens with zero attached hydrogens (tertiary/aromatic N) is 3. The van der Waals surface area contributed by atoms with E-state index in [-0.39, 0.29) is 11.6 Å². The van der Waals surface area contributed by atoms with Crippen molar-refractivity contribution in [3.63, 3.8) is 0 Å². The largest absolute Gasteiger partial charge is 0.478 e. The highest BCUT2D eigenvalue weighted by atomic mass is 32.2. The van der Waals surface area contributed by atoms with Crippen LogP contribution in [0.2, 0.25) is 0 Å². The summed E-state index contributed by atoms with van der Waals surface area (Å²) in [4.78, 5) is 43.1. The number of carbonyl (C=O) groups is 2. The van der Waals surface area contributed by atoms with Crippen molar-refractivity contribution in [2.24, 2.45) is 0 Å². The first kappa shape index (κ1) is 29.3. The summed E-state index contributed by atoms with van der Waals surface area (Å²) in [6.45, 7) is 0.848. The van der Waals surface area contributed by atoms with Gasteiger partial charge in [-0.15, -0.1) is 0 Å². The van der Waals surface area contributed by atoms with Crippen LogP contribution in [0.3, 0.4) is 0 Å². The summed E-state index contributed by atoms with van der Waals surface area (Å²) in [5.41, 5.74) is -5.28. The number of hydrogen-bond acceptors (Lipinski definition) is 7. The lowest BCUT2D eigenvalue weighted by molar-refractivity contribution is -0.385. The van der Waals surface area contributed by atoms with Crippen molar-refractivity contribution in [3.05, 3.63) is 78.9 Å². The fourth-order valence-electron chi connectivity index (χ4n) is 2.96. The SMILES string of the molecule is O=C(O)c1cc([N+](=O)[O-])cc(C(F)(F)F)c1.O=C(c1cc([N+](=O)[O-])cc(C(F)(F)F)c1)N1CCSCC1. The number of carbonyl (C=O) groups excluding carboxylic acids is 1. The second-order valence-electron chi connectivity index (χ2n) is 7.26. The number of nitro groups is 2. The van der Waals surface area contributed by atoms with Gasteiger partial charge in [0.15, 0.2) is 0 Å². The maximum absolute atomic E-state index is 12.8. The number of carboxylic acid groups (broad SMARTS) is 1. The fourth-order valence-corrected chi connectivity index (χ4v) is 3.86. The molecule has 1 aliphatic rings. The van der Waals surface area contributed by atoms with Crippen molar-refractivity contribution in [1.82, 2.24) is 4.90 Å². The molecule has 3 rings (SSSR count). The Bertz CT molecular complexity index is 1180. The number of benzene rings is 2. The molecule has 2 aromatic carbocycles. The molecule has 1 aliphatic heterocycles. The Balaban J connectivity index is 0.000000271. The quantitative estimate of drug-likeness (QED) is 0.311. The lowest BCUT2D eigenvalue weighted by Crippen LogP contribution is -2.38. The maximum Gasteiger partial charge on any atom is 0.416 e. The molecular weight excluding hydrogens is 540 g/mol. The summed E-state index contributed by atoms with van der Waals surface area (Å²) in [6, 6.07) is 3.18. The van der Waals surface area contributed by atoms with E-state index in [1.807, 2.05) is 0 Å². The molecular formula is C20H15F6N3O7S. The predicted molar refractivity (Wildman–Crippen MR) is 116 cm³/mol. The standard InChI is InChI=1S/C12H11F3N2O3S.C8H4F3NO4/c13-12(14,15)9-5-8(6-10(7-9)17(19)20)11(18)16-1-3-21-4-2-16;9-8(10,11)5-1-4(7(13)14)2-6(3-5)12(15)16/h5-7H,1-4H2;1-3H,(H,13,14). The van der Waals surface area contributed by atoms with Crippen molar-refractivity contribution in [2.75, 3.05) is 24.6 Å². The third-order valence-corrected chi connectivity index (χ3v) is 5.65. The van der Waals surface area contributed by atoms with Crippen LogP contribution in [0.4, 0.5) is 37.7 Å². The summed E-state index contributed by atoms with van der Waals surface area (Å²) >= 11 is 1.64. The Morgan fingerprint density at radius 2 is 1.19 bits per heavy atom. The van der Waals surface area contributed by atoms with Crippen LogP contribution < -0.4 is 0 Å². The monoisotopic (exact) mass is 555 g/mol. The first-order valence-corrected chi connectivity index (χ1v) is 11.0. The Kier molecular flexibility index (Phi) is 9.08. The number of rotatable bonds is 4. The highest BCUT2D eigenvalue weighted by Crippen LogP contribution is 2.34. The van der Waals surface area contributed by atoms with Crippen LogP contribution in [0.1, 0.15) is 31.8 Å². The minimum absolute atomic E-state index is 0.284. The van der Waals surface area contributed by atoms with Gasteiger partial charge in [-0.1, -0.05) is 0 Å². The van der Waals surface area contributed by atoms with Gasteiger partial charge in [-0.2, -0.15) is 38.1 Å². The van der Waals surface area contributed by atoms with Gasteiger partial charge in [0.25, 0.3) is 17.3 Å². The summed E-state index contributed by atoms with van der Waals surface area (Å²) in [7, 11) is 0. The molecule has 0 saturated carbocycles. The molecule has 1 saturated heterocycles. The molecule has 10 nitrogen and oxygen atoms in total. The van der Waals surface area contributed by atoms with Gasteiger partial charge in [0, 0.05) is 54.4 Å². The Labute approximate surface area is 207 Å². The Hall–Kier alpha value is -3.89. The molecule has 1 heterocycles. The molecule has 0 spiro atoms. The van der Waals surface area contributed by atoms with Crippen molar-refractivity contribution in [3.8, 4) is 0 Å². The van der Waals surface area contributed by atoms with Crippen molar-refractivity contribution in [2.45, 2.75) is 12.4 Å². The van der Waals surface area contributed by atoms with Gasteiger partial charge in [0.05, 0.1) is 26.5 Å². The topological polar surface area (TPSA) is 144 Å². The highest BCUT2D eigenvalue weighted by Gasteiger charge is 2.35. The van der Waals surface area contributed by atoms with E-state index in [1.165, 1.54) is 4.90 Å². The zero-order valence-electron chi connectivity index (χ0n) is 18.2. The molecule has 200 valence electrons. The maximum atomic E-state index is 12.8. The molecule has 0 aromatic heterocycles. The Morgan fingerprint density at radius 3 is 1.57 bits per heavy atom. The first-order valence-electron chi connectivity index (χ1n) is 9.84. The van der Waals surface area contributed by atoms with Crippen LogP contribution in [0.5, 0.6) is 0 Å².